The third kappa shape index (κ3) is 4.89. The van der Waals surface area contributed by atoms with Crippen LogP contribution in [0.5, 0.6) is 5.75 Å². The summed E-state index contributed by atoms with van der Waals surface area (Å²) < 4.78 is 29.6. The lowest BCUT2D eigenvalue weighted by molar-refractivity contribution is 0.0694. The molecule has 1 aliphatic rings. The Kier molecular flexibility index (Phi) is 6.16. The maximum atomic E-state index is 13.2. The maximum Gasteiger partial charge on any atom is 0.254 e. The molecule has 6 heteroatoms. The van der Waals surface area contributed by atoms with Crippen molar-refractivity contribution in [1.82, 2.24) is 4.90 Å². The van der Waals surface area contributed by atoms with Gasteiger partial charge in [0, 0.05) is 23.7 Å². The number of benzene rings is 2. The fraction of sp³-hybridized carbons (Fsp3) is 0.381. The number of rotatable bonds is 7. The average Bonchev–Trinajstić information content (AvgIpc) is 3.04. The van der Waals surface area contributed by atoms with E-state index in [9.17, 15) is 13.2 Å². The molecule has 0 spiro atoms. The minimum Gasteiger partial charge on any atom is -0.489 e. The van der Waals surface area contributed by atoms with Crippen molar-refractivity contribution < 1.29 is 17.9 Å². The van der Waals surface area contributed by atoms with Crippen LogP contribution in [0.25, 0.3) is 0 Å². The Hall–Kier alpha value is -2.34. The lowest BCUT2D eigenvalue weighted by atomic mass is 10.1. The van der Waals surface area contributed by atoms with E-state index in [2.05, 4.69) is 0 Å². The third-order valence-electron chi connectivity index (χ3n) is 4.76. The zero-order valence-corrected chi connectivity index (χ0v) is 16.3. The van der Waals surface area contributed by atoms with Gasteiger partial charge in [-0.25, -0.2) is 8.42 Å². The van der Waals surface area contributed by atoms with Crippen molar-refractivity contribution in [3.63, 3.8) is 0 Å². The molecular formula is C21H25NO4S. The van der Waals surface area contributed by atoms with Crippen LogP contribution in [-0.2, 0) is 16.4 Å². The Labute approximate surface area is 160 Å². The number of hydrogen-bond donors (Lipinski definition) is 0. The van der Waals surface area contributed by atoms with Gasteiger partial charge in [-0.3, -0.25) is 4.79 Å². The Bertz CT molecular complexity index is 880. The van der Waals surface area contributed by atoms with Crippen LogP contribution in [0.2, 0.25) is 0 Å². The standard InChI is InChI=1S/C21H25NO4S/c1-2-13-22(18-12-14-27(24,25)16-18)21(23)20-11-7-6-8-17(20)15-26-19-9-4-3-5-10-19/h3-11,18H,2,12-16H2,1H3. The van der Waals surface area contributed by atoms with Gasteiger partial charge in [0.15, 0.2) is 9.84 Å². The van der Waals surface area contributed by atoms with E-state index in [-0.39, 0.29) is 30.1 Å². The molecule has 27 heavy (non-hydrogen) atoms. The summed E-state index contributed by atoms with van der Waals surface area (Å²) in [6.07, 6.45) is 1.29. The zero-order chi connectivity index (χ0) is 19.3. The quantitative estimate of drug-likeness (QED) is 0.731. The van der Waals surface area contributed by atoms with Gasteiger partial charge in [-0.1, -0.05) is 43.3 Å². The van der Waals surface area contributed by atoms with Crippen molar-refractivity contribution >= 4 is 15.7 Å². The second kappa shape index (κ2) is 8.57. The largest absolute Gasteiger partial charge is 0.489 e. The molecule has 1 unspecified atom stereocenters. The molecule has 0 N–H and O–H groups in total. The van der Waals surface area contributed by atoms with Gasteiger partial charge >= 0.3 is 0 Å². The van der Waals surface area contributed by atoms with Crippen LogP contribution in [0.15, 0.2) is 54.6 Å². The normalized spacial score (nSPS) is 18.2. The zero-order valence-electron chi connectivity index (χ0n) is 15.5. The van der Waals surface area contributed by atoms with Crippen LogP contribution < -0.4 is 4.74 Å². The van der Waals surface area contributed by atoms with Gasteiger partial charge in [-0.2, -0.15) is 0 Å². The molecule has 0 aromatic heterocycles. The molecule has 1 aliphatic heterocycles. The minimum absolute atomic E-state index is 0.0570. The fourth-order valence-corrected chi connectivity index (χ4v) is 5.13. The predicted octanol–water partition coefficient (Wildman–Crippen LogP) is 3.30. The first-order chi connectivity index (χ1) is 13.0. The van der Waals surface area contributed by atoms with E-state index in [0.717, 1.165) is 17.7 Å². The first-order valence-electron chi connectivity index (χ1n) is 9.27. The van der Waals surface area contributed by atoms with E-state index in [1.165, 1.54) is 0 Å². The van der Waals surface area contributed by atoms with Gasteiger partial charge < -0.3 is 9.64 Å². The monoisotopic (exact) mass is 387 g/mol. The minimum atomic E-state index is -3.05. The van der Waals surface area contributed by atoms with Crippen molar-refractivity contribution in [1.29, 1.82) is 0 Å². The van der Waals surface area contributed by atoms with E-state index < -0.39 is 9.84 Å². The van der Waals surface area contributed by atoms with Gasteiger partial charge in [0.05, 0.1) is 11.5 Å². The summed E-state index contributed by atoms with van der Waals surface area (Å²) in [6.45, 7) is 2.83. The summed E-state index contributed by atoms with van der Waals surface area (Å²) in [5, 5.41) is 0. The van der Waals surface area contributed by atoms with Crippen LogP contribution in [0, 0.1) is 0 Å². The molecule has 5 nitrogen and oxygen atoms in total. The molecule has 1 atom stereocenters. The molecule has 2 aromatic rings. The van der Waals surface area contributed by atoms with E-state index in [4.69, 9.17) is 4.74 Å². The molecule has 3 rings (SSSR count). The number of nitrogens with zero attached hydrogens (tertiary/aromatic N) is 1. The number of carbonyl (C=O) groups excluding carboxylic acids is 1. The Balaban J connectivity index is 1.80. The predicted molar refractivity (Wildman–Crippen MR) is 106 cm³/mol. The molecule has 0 aliphatic carbocycles. The summed E-state index contributed by atoms with van der Waals surface area (Å²) in [5.74, 6) is 0.837. The third-order valence-corrected chi connectivity index (χ3v) is 6.51. The molecule has 144 valence electrons. The van der Waals surface area contributed by atoms with Gasteiger partial charge in [0.1, 0.15) is 12.4 Å². The van der Waals surface area contributed by atoms with Gasteiger partial charge in [-0.15, -0.1) is 0 Å². The first-order valence-corrected chi connectivity index (χ1v) is 11.1. The highest BCUT2D eigenvalue weighted by Crippen LogP contribution is 2.22. The molecular weight excluding hydrogens is 362 g/mol. The molecule has 0 radical (unpaired) electrons. The summed E-state index contributed by atoms with van der Waals surface area (Å²) in [6, 6.07) is 16.6. The molecule has 1 saturated heterocycles. The van der Waals surface area contributed by atoms with Crippen LogP contribution in [-0.4, -0.2) is 43.3 Å². The number of amides is 1. The molecule has 1 heterocycles. The van der Waals surface area contributed by atoms with Gasteiger partial charge in [0.25, 0.3) is 5.91 Å². The van der Waals surface area contributed by atoms with Crippen molar-refractivity contribution in [2.24, 2.45) is 0 Å². The van der Waals surface area contributed by atoms with Crippen LogP contribution in [0.1, 0.15) is 35.7 Å². The van der Waals surface area contributed by atoms with Crippen molar-refractivity contribution in [3.8, 4) is 5.75 Å². The lowest BCUT2D eigenvalue weighted by Crippen LogP contribution is -2.42. The second-order valence-electron chi connectivity index (χ2n) is 6.81. The van der Waals surface area contributed by atoms with Crippen molar-refractivity contribution in [2.45, 2.75) is 32.4 Å². The van der Waals surface area contributed by atoms with Crippen LogP contribution >= 0.6 is 0 Å². The highest BCUT2D eigenvalue weighted by atomic mass is 32.2. The summed E-state index contributed by atoms with van der Waals surface area (Å²) in [4.78, 5) is 15.0. The highest BCUT2D eigenvalue weighted by molar-refractivity contribution is 7.91. The fourth-order valence-electron chi connectivity index (χ4n) is 3.40. The molecule has 0 bridgehead atoms. The topological polar surface area (TPSA) is 63.7 Å². The first kappa shape index (κ1) is 19.4. The smallest absolute Gasteiger partial charge is 0.254 e. The highest BCUT2D eigenvalue weighted by Gasteiger charge is 2.35. The van der Waals surface area contributed by atoms with Gasteiger partial charge in [-0.05, 0) is 31.0 Å². The SMILES string of the molecule is CCCN(C(=O)c1ccccc1COc1ccccc1)C1CCS(=O)(=O)C1. The molecule has 1 amide bonds. The summed E-state index contributed by atoms with van der Waals surface area (Å²) in [5.41, 5.74) is 1.37. The van der Waals surface area contributed by atoms with Crippen molar-refractivity contribution in [3.05, 3.63) is 65.7 Å². The number of para-hydroxylation sites is 1. The number of carbonyl (C=O) groups is 1. The molecule has 2 aromatic carbocycles. The van der Waals surface area contributed by atoms with E-state index >= 15 is 0 Å². The maximum absolute atomic E-state index is 13.2. The molecule has 0 saturated carbocycles. The van der Waals surface area contributed by atoms with E-state index in [0.29, 0.717) is 18.5 Å². The van der Waals surface area contributed by atoms with Crippen molar-refractivity contribution in [2.75, 3.05) is 18.1 Å². The van der Waals surface area contributed by atoms with Crippen LogP contribution in [0.4, 0.5) is 0 Å². The average molecular weight is 388 g/mol. The lowest BCUT2D eigenvalue weighted by Gasteiger charge is -2.28. The molecule has 1 fully saturated rings. The van der Waals surface area contributed by atoms with Crippen LogP contribution in [0.3, 0.4) is 0 Å². The van der Waals surface area contributed by atoms with E-state index in [1.54, 1.807) is 11.0 Å². The number of ether oxygens (including phenoxy) is 1. The number of hydrogen-bond acceptors (Lipinski definition) is 4. The summed E-state index contributed by atoms with van der Waals surface area (Å²) >= 11 is 0. The second-order valence-corrected chi connectivity index (χ2v) is 9.04. The van der Waals surface area contributed by atoms with E-state index in [1.807, 2.05) is 55.5 Å². The Morgan fingerprint density at radius 2 is 1.81 bits per heavy atom. The Morgan fingerprint density at radius 1 is 1.11 bits per heavy atom. The Morgan fingerprint density at radius 3 is 2.48 bits per heavy atom. The number of sulfone groups is 1. The summed E-state index contributed by atoms with van der Waals surface area (Å²) in [7, 11) is -3.05. The van der Waals surface area contributed by atoms with Gasteiger partial charge in [0.2, 0.25) is 0 Å².